The number of halogens is 4. The van der Waals surface area contributed by atoms with Crippen molar-refractivity contribution in [3.05, 3.63) is 106 Å². The van der Waals surface area contributed by atoms with E-state index in [9.17, 15) is 23.1 Å². The van der Waals surface area contributed by atoms with Gasteiger partial charge in [0.1, 0.15) is 6.23 Å². The van der Waals surface area contributed by atoms with Crippen LogP contribution in [0.25, 0.3) is 0 Å². The molecule has 8 heteroatoms. The van der Waals surface area contributed by atoms with Crippen LogP contribution in [0.5, 0.6) is 0 Å². The Balaban J connectivity index is 1.66. The zero-order valence-electron chi connectivity index (χ0n) is 16.7. The molecular weight excluding hydrogens is 441 g/mol. The topological polar surface area (TPSA) is 43.8 Å². The van der Waals surface area contributed by atoms with E-state index < -0.39 is 29.5 Å². The first-order valence-electron chi connectivity index (χ1n) is 10.0. The second kappa shape index (κ2) is 7.33. The smallest absolute Gasteiger partial charge is 0.374 e. The third kappa shape index (κ3) is 2.96. The molecule has 5 rings (SSSR count). The highest BCUT2D eigenvalue weighted by atomic mass is 35.5. The predicted molar refractivity (Wildman–Crippen MR) is 113 cm³/mol. The Kier molecular flexibility index (Phi) is 4.81. The Labute approximate surface area is 187 Å². The second-order valence-electron chi connectivity index (χ2n) is 7.87. The van der Waals surface area contributed by atoms with E-state index in [0.717, 1.165) is 23.3 Å². The van der Waals surface area contributed by atoms with Crippen LogP contribution in [0.3, 0.4) is 0 Å². The minimum Gasteiger partial charge on any atom is -0.374 e. The Morgan fingerprint density at radius 3 is 2.28 bits per heavy atom. The molecule has 0 radical (unpaired) electrons. The van der Waals surface area contributed by atoms with Crippen LogP contribution in [-0.4, -0.2) is 33.9 Å². The van der Waals surface area contributed by atoms with Gasteiger partial charge in [0, 0.05) is 34.8 Å². The summed E-state index contributed by atoms with van der Waals surface area (Å²) in [5, 5.41) is 11.6. The van der Waals surface area contributed by atoms with E-state index in [0.29, 0.717) is 23.7 Å². The number of hydrogen-bond acceptors (Lipinski definition) is 3. The molecule has 1 saturated heterocycles. The molecule has 3 aromatic carbocycles. The molecule has 4 nitrogen and oxygen atoms in total. The van der Waals surface area contributed by atoms with Gasteiger partial charge in [-0.05, 0) is 42.0 Å². The van der Waals surface area contributed by atoms with Gasteiger partial charge in [0.15, 0.2) is 5.66 Å². The number of nitrogens with zero attached hydrogens (tertiary/aromatic N) is 2. The van der Waals surface area contributed by atoms with E-state index in [1.807, 2.05) is 41.3 Å². The van der Waals surface area contributed by atoms with Crippen LogP contribution >= 0.6 is 11.6 Å². The van der Waals surface area contributed by atoms with Gasteiger partial charge >= 0.3 is 6.18 Å². The van der Waals surface area contributed by atoms with Gasteiger partial charge in [-0.1, -0.05) is 48.0 Å². The summed E-state index contributed by atoms with van der Waals surface area (Å²) in [4.78, 5) is 17.1. The van der Waals surface area contributed by atoms with Gasteiger partial charge in [-0.15, -0.1) is 0 Å². The highest BCUT2D eigenvalue weighted by Gasteiger charge is 2.59. The van der Waals surface area contributed by atoms with E-state index >= 15 is 0 Å². The van der Waals surface area contributed by atoms with Crippen molar-refractivity contribution in [3.63, 3.8) is 0 Å². The first kappa shape index (κ1) is 21.0. The van der Waals surface area contributed by atoms with Gasteiger partial charge in [-0.2, -0.15) is 13.2 Å². The van der Waals surface area contributed by atoms with E-state index in [1.165, 1.54) is 12.1 Å². The van der Waals surface area contributed by atoms with Crippen LogP contribution in [0.4, 0.5) is 13.2 Å². The van der Waals surface area contributed by atoms with Crippen molar-refractivity contribution in [2.24, 2.45) is 0 Å². The summed E-state index contributed by atoms with van der Waals surface area (Å²) in [5.74, 6) is -0.417. The Bertz CT molecular complexity index is 1180. The van der Waals surface area contributed by atoms with Crippen LogP contribution in [0, 0.1) is 0 Å². The monoisotopic (exact) mass is 458 g/mol. The van der Waals surface area contributed by atoms with E-state index in [-0.39, 0.29) is 5.56 Å². The number of benzene rings is 3. The number of hydrogen-bond donors (Lipinski definition) is 1. The molecule has 0 saturated carbocycles. The van der Waals surface area contributed by atoms with Crippen LogP contribution in [0.1, 0.15) is 38.8 Å². The molecule has 2 heterocycles. The number of fused-ring (bicyclic) bond motifs is 3. The van der Waals surface area contributed by atoms with Gasteiger partial charge in [0.25, 0.3) is 5.91 Å². The van der Waals surface area contributed by atoms with Gasteiger partial charge in [-0.25, -0.2) is 4.90 Å². The second-order valence-corrected chi connectivity index (χ2v) is 8.30. The first-order valence-corrected chi connectivity index (χ1v) is 10.4. The Hall–Kier alpha value is -2.87. The number of aliphatic hydroxyl groups is 1. The Morgan fingerprint density at radius 2 is 1.62 bits per heavy atom. The zero-order valence-corrected chi connectivity index (χ0v) is 17.4. The lowest BCUT2D eigenvalue weighted by atomic mass is 9.89. The number of carbonyl (C=O) groups is 1. The molecule has 0 spiro atoms. The van der Waals surface area contributed by atoms with Gasteiger partial charge < -0.3 is 10.0 Å². The summed E-state index contributed by atoms with van der Waals surface area (Å²) in [7, 11) is 0. The van der Waals surface area contributed by atoms with Gasteiger partial charge in [0.2, 0.25) is 0 Å². The highest BCUT2D eigenvalue weighted by molar-refractivity contribution is 6.30. The molecule has 1 N–H and O–H groups in total. The summed E-state index contributed by atoms with van der Waals surface area (Å²) in [5.41, 5.74) is 0.419. The van der Waals surface area contributed by atoms with E-state index in [4.69, 9.17) is 11.6 Å². The van der Waals surface area contributed by atoms with Crippen LogP contribution < -0.4 is 0 Å². The quantitative estimate of drug-likeness (QED) is 0.586. The van der Waals surface area contributed by atoms with Crippen molar-refractivity contribution in [2.75, 3.05) is 13.1 Å². The fourth-order valence-electron chi connectivity index (χ4n) is 4.86. The van der Waals surface area contributed by atoms with E-state index in [1.54, 1.807) is 17.0 Å². The van der Waals surface area contributed by atoms with E-state index in [2.05, 4.69) is 0 Å². The number of rotatable bonds is 2. The summed E-state index contributed by atoms with van der Waals surface area (Å²) in [6.07, 6.45) is -5.40. The van der Waals surface area contributed by atoms with Crippen molar-refractivity contribution >= 4 is 17.5 Å². The minimum atomic E-state index is -4.48. The van der Waals surface area contributed by atoms with Gasteiger partial charge in [0.05, 0.1) is 5.56 Å². The molecule has 1 amide bonds. The zero-order chi connectivity index (χ0) is 22.7. The minimum absolute atomic E-state index is 0.145. The van der Waals surface area contributed by atoms with Gasteiger partial charge in [-0.3, -0.25) is 4.79 Å². The fourth-order valence-corrected chi connectivity index (χ4v) is 4.98. The molecule has 2 unspecified atom stereocenters. The molecule has 32 heavy (non-hydrogen) atoms. The average Bonchev–Trinajstić information content (AvgIpc) is 3.29. The normalized spacial score (nSPS) is 22.7. The van der Waals surface area contributed by atoms with Crippen molar-refractivity contribution in [2.45, 2.75) is 18.1 Å². The maximum atomic E-state index is 13.6. The highest BCUT2D eigenvalue weighted by Crippen LogP contribution is 2.54. The molecule has 2 aliphatic heterocycles. The molecule has 0 aliphatic carbocycles. The standard InChI is InChI=1S/C24H18ClF3N2O2/c25-18-11-9-16(10-12-18)23-20-4-2-1-3-19(20)22(32)30(23)14-13-29(23)21(31)15-5-7-17(8-6-15)24(26,27)28/h1-12,22,32H,13-14H2. The first-order chi connectivity index (χ1) is 15.2. The summed E-state index contributed by atoms with van der Waals surface area (Å²) in [6.45, 7) is 0.693. The largest absolute Gasteiger partial charge is 0.416 e. The maximum absolute atomic E-state index is 13.6. The van der Waals surface area contributed by atoms with Crippen LogP contribution in [0.15, 0.2) is 72.8 Å². The number of alkyl halides is 3. The fraction of sp³-hybridized carbons (Fsp3) is 0.208. The SMILES string of the molecule is O=C(c1ccc(C(F)(F)F)cc1)N1CCN2C(O)c3ccccc3C12c1ccc(Cl)cc1. The third-order valence-corrected chi connectivity index (χ3v) is 6.48. The maximum Gasteiger partial charge on any atom is 0.416 e. The van der Waals surface area contributed by atoms with Crippen LogP contribution in [-0.2, 0) is 11.8 Å². The molecule has 164 valence electrons. The molecule has 2 aliphatic rings. The third-order valence-electron chi connectivity index (χ3n) is 6.23. The lowest BCUT2D eigenvalue weighted by Gasteiger charge is -2.41. The number of amides is 1. The van der Waals surface area contributed by atoms with Crippen molar-refractivity contribution in [1.29, 1.82) is 0 Å². The number of aliphatic hydroxyl groups excluding tert-OH is 1. The molecule has 0 aromatic heterocycles. The molecule has 3 aromatic rings. The lowest BCUT2D eigenvalue weighted by molar-refractivity contribution is -0.137. The Morgan fingerprint density at radius 1 is 0.969 bits per heavy atom. The molecule has 0 bridgehead atoms. The van der Waals surface area contributed by atoms with Crippen molar-refractivity contribution < 1.29 is 23.1 Å². The predicted octanol–water partition coefficient (Wildman–Crippen LogP) is 5.02. The summed E-state index contributed by atoms with van der Waals surface area (Å²) < 4.78 is 38.9. The number of carbonyl (C=O) groups excluding carboxylic acids is 1. The molecule has 2 atom stereocenters. The lowest BCUT2D eigenvalue weighted by Crippen LogP contribution is -2.51. The van der Waals surface area contributed by atoms with Crippen LogP contribution in [0.2, 0.25) is 5.02 Å². The van der Waals surface area contributed by atoms with Crippen molar-refractivity contribution in [3.8, 4) is 0 Å². The molecular formula is C24H18ClF3N2O2. The summed E-state index contributed by atoms with van der Waals surface area (Å²) >= 11 is 6.10. The average molecular weight is 459 g/mol. The molecule has 1 fully saturated rings. The van der Waals surface area contributed by atoms with Crippen molar-refractivity contribution in [1.82, 2.24) is 9.80 Å². The summed E-state index contributed by atoms with van der Waals surface area (Å²) in [6, 6.07) is 18.6.